The van der Waals surface area contributed by atoms with Crippen molar-refractivity contribution in [3.63, 3.8) is 0 Å². The molecular formula is C20H27N3O2. The largest absolute Gasteiger partial charge is 0.494 e. The summed E-state index contributed by atoms with van der Waals surface area (Å²) < 4.78 is 11.6. The molecule has 0 spiro atoms. The number of nitrogens with one attached hydrogen (secondary N) is 1. The fourth-order valence-corrected chi connectivity index (χ4v) is 3.09. The van der Waals surface area contributed by atoms with Gasteiger partial charge in [0.1, 0.15) is 17.2 Å². The molecule has 5 N–H and O–H groups in total. The van der Waals surface area contributed by atoms with Crippen LogP contribution in [0.15, 0.2) is 42.5 Å². The van der Waals surface area contributed by atoms with Crippen LogP contribution in [0.2, 0.25) is 0 Å². The molecule has 0 radical (unpaired) electrons. The molecule has 3 rings (SSSR count). The first kappa shape index (κ1) is 17.4. The van der Waals surface area contributed by atoms with E-state index in [0.717, 1.165) is 37.0 Å². The van der Waals surface area contributed by atoms with Crippen molar-refractivity contribution >= 4 is 11.4 Å². The van der Waals surface area contributed by atoms with Crippen LogP contribution < -0.4 is 26.3 Å². The molecule has 0 aromatic heterocycles. The van der Waals surface area contributed by atoms with Gasteiger partial charge in [-0.1, -0.05) is 0 Å². The summed E-state index contributed by atoms with van der Waals surface area (Å²) in [5.74, 6) is 3.08. The normalized spacial score (nSPS) is 17.2. The maximum atomic E-state index is 5.82. The van der Waals surface area contributed by atoms with Crippen molar-refractivity contribution in [2.75, 3.05) is 31.2 Å². The molecule has 0 bridgehead atoms. The Hall–Kier alpha value is -2.40. The lowest BCUT2D eigenvalue weighted by molar-refractivity contribution is 0.275. The Balaban J connectivity index is 1.42. The van der Waals surface area contributed by atoms with E-state index in [-0.39, 0.29) is 0 Å². The lowest BCUT2D eigenvalue weighted by atomic mass is 9.95. The Morgan fingerprint density at radius 3 is 2.44 bits per heavy atom. The molecule has 2 aromatic carbocycles. The van der Waals surface area contributed by atoms with Crippen LogP contribution in [0.25, 0.3) is 0 Å². The predicted octanol–water partition coefficient (Wildman–Crippen LogP) is 3.80. The fourth-order valence-electron chi connectivity index (χ4n) is 3.09. The fraction of sp³-hybridized carbons (Fsp3) is 0.400. The Labute approximate surface area is 149 Å². The molecule has 134 valence electrons. The minimum absolute atomic E-state index is 0.519. The van der Waals surface area contributed by atoms with Crippen LogP contribution in [-0.2, 0) is 0 Å². The topological polar surface area (TPSA) is 82.5 Å². The zero-order chi connectivity index (χ0) is 17.5. The van der Waals surface area contributed by atoms with Crippen molar-refractivity contribution in [1.82, 2.24) is 5.32 Å². The molecule has 2 aromatic rings. The Kier molecular flexibility index (Phi) is 6.01. The molecule has 1 unspecified atom stereocenters. The van der Waals surface area contributed by atoms with Crippen molar-refractivity contribution in [2.24, 2.45) is 5.92 Å². The summed E-state index contributed by atoms with van der Waals surface area (Å²) in [5, 5.41) is 3.46. The quantitative estimate of drug-likeness (QED) is 0.527. The van der Waals surface area contributed by atoms with E-state index in [1.807, 2.05) is 24.3 Å². The van der Waals surface area contributed by atoms with E-state index in [0.29, 0.717) is 17.1 Å². The molecular weight excluding hydrogens is 314 g/mol. The van der Waals surface area contributed by atoms with Gasteiger partial charge in [0.15, 0.2) is 0 Å². The summed E-state index contributed by atoms with van der Waals surface area (Å²) in [6.45, 7) is 3.08. The first-order valence-electron chi connectivity index (χ1n) is 8.97. The maximum Gasteiger partial charge on any atom is 0.129 e. The van der Waals surface area contributed by atoms with Crippen LogP contribution in [0.4, 0.5) is 11.4 Å². The molecule has 0 amide bonds. The third-order valence-corrected chi connectivity index (χ3v) is 4.54. The summed E-state index contributed by atoms with van der Waals surface area (Å²) in [7, 11) is 0. The van der Waals surface area contributed by atoms with Gasteiger partial charge in [-0.05, 0) is 81.1 Å². The van der Waals surface area contributed by atoms with Gasteiger partial charge in [-0.2, -0.15) is 0 Å². The molecule has 1 saturated heterocycles. The van der Waals surface area contributed by atoms with Gasteiger partial charge in [-0.3, -0.25) is 0 Å². The molecule has 1 heterocycles. The zero-order valence-corrected chi connectivity index (χ0v) is 14.5. The molecule has 0 saturated carbocycles. The van der Waals surface area contributed by atoms with Crippen LogP contribution >= 0.6 is 0 Å². The number of nitrogen functional groups attached to an aromatic ring is 2. The highest BCUT2D eigenvalue weighted by Crippen LogP contribution is 2.27. The summed E-state index contributed by atoms with van der Waals surface area (Å²) in [5.41, 5.74) is 12.6. The highest BCUT2D eigenvalue weighted by atomic mass is 16.5. The lowest BCUT2D eigenvalue weighted by Crippen LogP contribution is -2.29. The summed E-state index contributed by atoms with van der Waals surface area (Å²) in [6.07, 6.45) is 4.96. The lowest BCUT2D eigenvalue weighted by Gasteiger charge is -2.22. The number of nitrogens with two attached hydrogens (primary N) is 2. The molecule has 1 atom stereocenters. The van der Waals surface area contributed by atoms with Gasteiger partial charge in [-0.25, -0.2) is 0 Å². The van der Waals surface area contributed by atoms with Crippen LogP contribution in [0, 0.1) is 5.92 Å². The van der Waals surface area contributed by atoms with E-state index in [2.05, 4.69) is 5.32 Å². The molecule has 0 aliphatic carbocycles. The van der Waals surface area contributed by atoms with Crippen molar-refractivity contribution in [3.05, 3.63) is 42.5 Å². The van der Waals surface area contributed by atoms with Crippen LogP contribution in [0.5, 0.6) is 17.2 Å². The first-order chi connectivity index (χ1) is 12.2. The molecule has 5 heteroatoms. The average Bonchev–Trinajstić information content (AvgIpc) is 2.64. The summed E-state index contributed by atoms with van der Waals surface area (Å²) in [4.78, 5) is 0. The third-order valence-electron chi connectivity index (χ3n) is 4.54. The smallest absolute Gasteiger partial charge is 0.129 e. The third kappa shape index (κ3) is 5.29. The van der Waals surface area contributed by atoms with E-state index < -0.39 is 0 Å². The van der Waals surface area contributed by atoms with Crippen molar-refractivity contribution in [1.29, 1.82) is 0 Å². The highest BCUT2D eigenvalue weighted by molar-refractivity contribution is 5.65. The van der Waals surface area contributed by atoms with Crippen LogP contribution in [-0.4, -0.2) is 19.7 Å². The van der Waals surface area contributed by atoms with Gasteiger partial charge in [-0.15, -0.1) is 0 Å². The van der Waals surface area contributed by atoms with E-state index in [1.165, 1.54) is 25.8 Å². The van der Waals surface area contributed by atoms with Gasteiger partial charge < -0.3 is 26.3 Å². The number of anilines is 2. The minimum Gasteiger partial charge on any atom is -0.494 e. The van der Waals surface area contributed by atoms with Gasteiger partial charge in [0.05, 0.1) is 18.0 Å². The monoisotopic (exact) mass is 341 g/mol. The zero-order valence-electron chi connectivity index (χ0n) is 14.5. The number of rotatable bonds is 7. The SMILES string of the molecule is Nc1ccc(Oc2ccc(OCCCC3CCCNC3)cc2)cc1N. The van der Waals surface area contributed by atoms with E-state index >= 15 is 0 Å². The number of hydrogen-bond donors (Lipinski definition) is 3. The average molecular weight is 341 g/mol. The standard InChI is InChI=1S/C20H27N3O2/c21-19-10-9-18(13-20(19)22)25-17-7-5-16(6-8-17)24-12-2-4-15-3-1-11-23-14-15/h5-10,13,15,23H,1-4,11-12,14,21-22H2. The van der Waals surface area contributed by atoms with E-state index in [4.69, 9.17) is 20.9 Å². The summed E-state index contributed by atoms with van der Waals surface area (Å²) >= 11 is 0. The van der Waals surface area contributed by atoms with Crippen molar-refractivity contribution in [3.8, 4) is 17.2 Å². The van der Waals surface area contributed by atoms with Gasteiger partial charge in [0.2, 0.25) is 0 Å². The van der Waals surface area contributed by atoms with Crippen molar-refractivity contribution in [2.45, 2.75) is 25.7 Å². The van der Waals surface area contributed by atoms with E-state index in [9.17, 15) is 0 Å². The van der Waals surface area contributed by atoms with Gasteiger partial charge >= 0.3 is 0 Å². The van der Waals surface area contributed by atoms with Crippen LogP contribution in [0.3, 0.4) is 0 Å². The molecule has 1 fully saturated rings. The highest BCUT2D eigenvalue weighted by Gasteiger charge is 2.12. The predicted molar refractivity (Wildman–Crippen MR) is 102 cm³/mol. The number of benzene rings is 2. The van der Waals surface area contributed by atoms with Crippen molar-refractivity contribution < 1.29 is 9.47 Å². The second-order valence-corrected chi connectivity index (χ2v) is 6.57. The second-order valence-electron chi connectivity index (χ2n) is 6.57. The number of hydrogen-bond acceptors (Lipinski definition) is 5. The number of piperidine rings is 1. The molecule has 1 aliphatic rings. The Morgan fingerprint density at radius 1 is 0.960 bits per heavy atom. The van der Waals surface area contributed by atoms with Gasteiger partial charge in [0.25, 0.3) is 0 Å². The first-order valence-corrected chi connectivity index (χ1v) is 8.97. The molecule has 1 aliphatic heterocycles. The Bertz CT molecular complexity index is 667. The number of ether oxygens (including phenoxy) is 2. The minimum atomic E-state index is 0.519. The maximum absolute atomic E-state index is 5.82. The second kappa shape index (κ2) is 8.62. The molecule has 5 nitrogen and oxygen atoms in total. The van der Waals surface area contributed by atoms with Crippen LogP contribution in [0.1, 0.15) is 25.7 Å². The summed E-state index contributed by atoms with van der Waals surface area (Å²) in [6, 6.07) is 12.9. The van der Waals surface area contributed by atoms with E-state index in [1.54, 1.807) is 18.2 Å². The molecule has 25 heavy (non-hydrogen) atoms. The Morgan fingerprint density at radius 2 is 1.72 bits per heavy atom. The van der Waals surface area contributed by atoms with Gasteiger partial charge in [0, 0.05) is 6.07 Å².